The van der Waals surface area contributed by atoms with Gasteiger partial charge >= 0.3 is 0 Å². The largest absolute Gasteiger partial charge is 0.381 e. The zero-order valence-corrected chi connectivity index (χ0v) is 10.8. The average molecular weight is 260 g/mol. The van der Waals surface area contributed by atoms with Gasteiger partial charge in [-0.15, -0.1) is 0 Å². The van der Waals surface area contributed by atoms with E-state index in [-0.39, 0.29) is 5.56 Å². The minimum absolute atomic E-state index is 0.0665. The highest BCUT2D eigenvalue weighted by Crippen LogP contribution is 2.14. The van der Waals surface area contributed by atoms with Crippen LogP contribution in [0.5, 0.6) is 0 Å². The minimum Gasteiger partial charge on any atom is -0.381 e. The van der Waals surface area contributed by atoms with Crippen LogP contribution in [0, 0.1) is 0 Å². The maximum Gasteiger partial charge on any atom is 0.251 e. The smallest absolute Gasteiger partial charge is 0.251 e. The zero-order chi connectivity index (χ0) is 13.2. The Morgan fingerprint density at radius 1 is 1.37 bits per heavy atom. The van der Waals surface area contributed by atoms with Crippen LogP contribution >= 0.6 is 0 Å². The Bertz CT molecular complexity index is 647. The van der Waals surface area contributed by atoms with E-state index in [9.17, 15) is 4.79 Å². The molecule has 0 radical (unpaired) electrons. The summed E-state index contributed by atoms with van der Waals surface area (Å²) in [6.07, 6.45) is 3.65. The highest BCUT2D eigenvalue weighted by atomic mass is 16.5. The Morgan fingerprint density at radius 2 is 2.16 bits per heavy atom. The Labute approximate surface area is 110 Å². The third kappa shape index (κ3) is 2.44. The summed E-state index contributed by atoms with van der Waals surface area (Å²) in [5, 5.41) is 4.16. The molecule has 1 aliphatic heterocycles. The molecule has 100 valence electrons. The van der Waals surface area contributed by atoms with Gasteiger partial charge in [0.1, 0.15) is 5.65 Å². The first-order chi connectivity index (χ1) is 9.24. The molecule has 3 rings (SSSR count). The van der Waals surface area contributed by atoms with Gasteiger partial charge in [-0.3, -0.25) is 9.36 Å². The monoisotopic (exact) mass is 260 g/mol. The second kappa shape index (κ2) is 4.97. The fraction of sp³-hybridized carbons (Fsp3) is 0.462. The minimum atomic E-state index is -0.0665. The zero-order valence-electron chi connectivity index (χ0n) is 10.8. The van der Waals surface area contributed by atoms with Gasteiger partial charge in [0.15, 0.2) is 0 Å². The predicted octanol–water partition coefficient (Wildman–Crippen LogP) is 0.919. The normalized spacial score (nSPS) is 16.7. The Kier molecular flexibility index (Phi) is 3.16. The van der Waals surface area contributed by atoms with Crippen molar-refractivity contribution < 1.29 is 4.74 Å². The van der Waals surface area contributed by atoms with E-state index in [4.69, 9.17) is 4.74 Å². The third-order valence-electron chi connectivity index (χ3n) is 3.40. The number of ether oxygens (including phenoxy) is 1. The molecule has 1 N–H and O–H groups in total. The second-order valence-electron chi connectivity index (χ2n) is 4.73. The number of rotatable bonds is 2. The predicted molar refractivity (Wildman–Crippen MR) is 72.2 cm³/mol. The van der Waals surface area contributed by atoms with Gasteiger partial charge < -0.3 is 10.1 Å². The number of nitrogens with zero attached hydrogens (tertiary/aromatic N) is 3. The molecule has 0 atom stereocenters. The van der Waals surface area contributed by atoms with Gasteiger partial charge in [0.2, 0.25) is 5.95 Å². The average Bonchev–Trinajstić information content (AvgIpc) is 2.45. The Hall–Kier alpha value is -1.95. The van der Waals surface area contributed by atoms with E-state index in [1.54, 1.807) is 19.3 Å². The standard InChI is InChI=1S/C13H16N4O2/c1-17-11(18)3-2-9-8-14-13(16-12(9)17)15-10-4-6-19-7-5-10/h2-3,8,10H,4-7H2,1H3,(H,14,15,16). The highest BCUT2D eigenvalue weighted by molar-refractivity contribution is 5.74. The molecule has 0 bridgehead atoms. The van der Waals surface area contributed by atoms with Crippen molar-refractivity contribution in [3.63, 3.8) is 0 Å². The van der Waals surface area contributed by atoms with Crippen molar-refractivity contribution in [2.24, 2.45) is 7.05 Å². The molecule has 6 nitrogen and oxygen atoms in total. The second-order valence-corrected chi connectivity index (χ2v) is 4.73. The number of pyridine rings is 1. The van der Waals surface area contributed by atoms with Gasteiger partial charge in [0.05, 0.1) is 0 Å². The summed E-state index contributed by atoms with van der Waals surface area (Å²) in [5.74, 6) is 0.570. The first kappa shape index (κ1) is 12.1. The summed E-state index contributed by atoms with van der Waals surface area (Å²) in [4.78, 5) is 20.3. The van der Waals surface area contributed by atoms with Crippen LogP contribution in [0.4, 0.5) is 5.95 Å². The lowest BCUT2D eigenvalue weighted by atomic mass is 10.1. The molecule has 0 spiro atoms. The van der Waals surface area contributed by atoms with E-state index in [2.05, 4.69) is 15.3 Å². The maximum atomic E-state index is 11.6. The number of anilines is 1. The number of nitrogens with one attached hydrogen (secondary N) is 1. The summed E-state index contributed by atoms with van der Waals surface area (Å²) in [5.41, 5.74) is 0.584. The Balaban J connectivity index is 1.92. The van der Waals surface area contributed by atoms with Crippen LogP contribution in [0.3, 0.4) is 0 Å². The van der Waals surface area contributed by atoms with Crippen LogP contribution in [0.2, 0.25) is 0 Å². The number of aryl methyl sites for hydroxylation is 1. The fourth-order valence-corrected chi connectivity index (χ4v) is 2.24. The third-order valence-corrected chi connectivity index (χ3v) is 3.40. The van der Waals surface area contributed by atoms with E-state index in [0.717, 1.165) is 31.4 Å². The molecule has 1 fully saturated rings. The summed E-state index contributed by atoms with van der Waals surface area (Å²) in [7, 11) is 1.72. The molecule has 19 heavy (non-hydrogen) atoms. The summed E-state index contributed by atoms with van der Waals surface area (Å²) < 4.78 is 6.85. The van der Waals surface area contributed by atoms with Gasteiger partial charge in [-0.2, -0.15) is 4.98 Å². The molecule has 1 aliphatic rings. The molecule has 0 unspecified atom stereocenters. The molecular formula is C13H16N4O2. The first-order valence-electron chi connectivity index (χ1n) is 6.41. The van der Waals surface area contributed by atoms with Gasteiger partial charge in [-0.25, -0.2) is 4.98 Å². The van der Waals surface area contributed by atoms with Gasteiger partial charge in [0, 0.05) is 44.0 Å². The van der Waals surface area contributed by atoms with Crippen LogP contribution in [-0.4, -0.2) is 33.8 Å². The van der Waals surface area contributed by atoms with Crippen molar-refractivity contribution in [2.75, 3.05) is 18.5 Å². The summed E-state index contributed by atoms with van der Waals surface area (Å²) in [6, 6.07) is 3.61. The van der Waals surface area contributed by atoms with Crippen molar-refractivity contribution >= 4 is 17.0 Å². The molecule has 6 heteroatoms. The molecule has 2 aromatic heterocycles. The van der Waals surface area contributed by atoms with Crippen molar-refractivity contribution in [1.82, 2.24) is 14.5 Å². The highest BCUT2D eigenvalue weighted by Gasteiger charge is 2.14. The van der Waals surface area contributed by atoms with Crippen molar-refractivity contribution in [3.05, 3.63) is 28.7 Å². The quantitative estimate of drug-likeness (QED) is 0.869. The van der Waals surface area contributed by atoms with Crippen molar-refractivity contribution in [3.8, 4) is 0 Å². The van der Waals surface area contributed by atoms with Crippen LogP contribution in [0.1, 0.15) is 12.8 Å². The lowest BCUT2D eigenvalue weighted by molar-refractivity contribution is 0.0903. The number of hydrogen-bond acceptors (Lipinski definition) is 5. The lowest BCUT2D eigenvalue weighted by Gasteiger charge is -2.23. The number of fused-ring (bicyclic) bond motifs is 1. The van der Waals surface area contributed by atoms with Crippen molar-refractivity contribution in [2.45, 2.75) is 18.9 Å². The summed E-state index contributed by atoms with van der Waals surface area (Å²) >= 11 is 0. The fourth-order valence-electron chi connectivity index (χ4n) is 2.24. The lowest BCUT2D eigenvalue weighted by Crippen LogP contribution is -2.28. The van der Waals surface area contributed by atoms with Gasteiger partial charge in [-0.05, 0) is 18.9 Å². The maximum absolute atomic E-state index is 11.6. The number of hydrogen-bond donors (Lipinski definition) is 1. The first-order valence-corrected chi connectivity index (χ1v) is 6.41. The molecule has 1 saturated heterocycles. The molecule has 0 aromatic carbocycles. The van der Waals surface area contributed by atoms with E-state index in [1.165, 1.54) is 10.6 Å². The van der Waals surface area contributed by atoms with E-state index >= 15 is 0 Å². The number of aromatic nitrogens is 3. The van der Waals surface area contributed by atoms with E-state index in [0.29, 0.717) is 17.6 Å². The molecule has 0 aliphatic carbocycles. The Morgan fingerprint density at radius 3 is 2.95 bits per heavy atom. The summed E-state index contributed by atoms with van der Waals surface area (Å²) in [6.45, 7) is 1.54. The SMILES string of the molecule is Cn1c(=O)ccc2cnc(NC3CCOCC3)nc21. The van der Waals surface area contributed by atoms with Crippen molar-refractivity contribution in [1.29, 1.82) is 0 Å². The van der Waals surface area contributed by atoms with Crippen LogP contribution < -0.4 is 10.9 Å². The van der Waals surface area contributed by atoms with Crippen LogP contribution in [-0.2, 0) is 11.8 Å². The van der Waals surface area contributed by atoms with E-state index in [1.807, 2.05) is 0 Å². The van der Waals surface area contributed by atoms with Crippen LogP contribution in [0.25, 0.3) is 11.0 Å². The molecule has 2 aromatic rings. The molecule has 0 saturated carbocycles. The molecular weight excluding hydrogens is 244 g/mol. The van der Waals surface area contributed by atoms with E-state index < -0.39 is 0 Å². The molecule has 0 amide bonds. The topological polar surface area (TPSA) is 69.0 Å². The van der Waals surface area contributed by atoms with Crippen LogP contribution in [0.15, 0.2) is 23.1 Å². The van der Waals surface area contributed by atoms with Gasteiger partial charge in [-0.1, -0.05) is 0 Å². The molecule has 3 heterocycles. The van der Waals surface area contributed by atoms with Gasteiger partial charge in [0.25, 0.3) is 5.56 Å².